The Bertz CT molecular complexity index is 716. The zero-order valence-corrected chi connectivity index (χ0v) is 15.0. The fraction of sp³-hybridized carbons (Fsp3) is 0.579. The standard InChI is InChI=1S/C19H24N2O5/c1-13-11-15(8-9-16(13)21(24)25)19(23)26-12-18(22)20-10-4-6-14-5-2-3-7-17(14)20/h8-9,11,14,17H,2-7,10,12H2,1H3/t14-,17+/m1/s1. The minimum Gasteiger partial charge on any atom is -0.452 e. The van der Waals surface area contributed by atoms with Gasteiger partial charge in [0.25, 0.3) is 11.6 Å². The quantitative estimate of drug-likeness (QED) is 0.467. The first kappa shape index (κ1) is 18.4. The van der Waals surface area contributed by atoms with Gasteiger partial charge in [-0.05, 0) is 50.7 Å². The first-order valence-corrected chi connectivity index (χ1v) is 9.19. The van der Waals surface area contributed by atoms with Crippen LogP contribution in [0.25, 0.3) is 0 Å². The number of hydrogen-bond donors (Lipinski definition) is 0. The summed E-state index contributed by atoms with van der Waals surface area (Å²) >= 11 is 0. The van der Waals surface area contributed by atoms with E-state index in [4.69, 9.17) is 4.74 Å². The summed E-state index contributed by atoms with van der Waals surface area (Å²) in [6.45, 7) is 2.02. The topological polar surface area (TPSA) is 89.8 Å². The third kappa shape index (κ3) is 3.86. The maximum absolute atomic E-state index is 12.6. The first-order chi connectivity index (χ1) is 12.5. The summed E-state index contributed by atoms with van der Waals surface area (Å²) in [7, 11) is 0. The Morgan fingerprint density at radius 1 is 1.23 bits per heavy atom. The Morgan fingerprint density at radius 2 is 1.96 bits per heavy atom. The summed E-state index contributed by atoms with van der Waals surface area (Å²) in [5, 5.41) is 10.8. The highest BCUT2D eigenvalue weighted by atomic mass is 16.6. The Labute approximate surface area is 152 Å². The van der Waals surface area contributed by atoms with Gasteiger partial charge in [-0.25, -0.2) is 4.79 Å². The molecule has 2 fully saturated rings. The molecule has 0 bridgehead atoms. The number of likely N-dealkylation sites (tertiary alicyclic amines) is 1. The van der Waals surface area contributed by atoms with Crippen LogP contribution in [0.15, 0.2) is 18.2 Å². The lowest BCUT2D eigenvalue weighted by molar-refractivity contribution is -0.385. The second-order valence-corrected chi connectivity index (χ2v) is 7.18. The Hall–Kier alpha value is -2.44. The van der Waals surface area contributed by atoms with Crippen molar-refractivity contribution in [2.45, 2.75) is 51.5 Å². The fourth-order valence-corrected chi connectivity index (χ4v) is 4.22. The average Bonchev–Trinajstić information content (AvgIpc) is 2.65. The molecule has 0 N–H and O–H groups in total. The molecule has 1 saturated heterocycles. The molecular weight excluding hydrogens is 336 g/mol. The number of nitro benzene ring substituents is 1. The van der Waals surface area contributed by atoms with Gasteiger partial charge in [-0.3, -0.25) is 14.9 Å². The van der Waals surface area contributed by atoms with E-state index in [1.807, 2.05) is 4.90 Å². The third-order valence-electron chi connectivity index (χ3n) is 5.52. The molecular formula is C19H24N2O5. The highest BCUT2D eigenvalue weighted by molar-refractivity contribution is 5.92. The lowest BCUT2D eigenvalue weighted by Crippen LogP contribution is -2.50. The molecule has 1 aliphatic carbocycles. The number of ether oxygens (including phenoxy) is 1. The summed E-state index contributed by atoms with van der Waals surface area (Å²) in [4.78, 5) is 37.0. The number of amides is 1. The third-order valence-corrected chi connectivity index (χ3v) is 5.52. The van der Waals surface area contributed by atoms with E-state index in [0.717, 1.165) is 25.8 Å². The molecule has 2 atom stereocenters. The van der Waals surface area contributed by atoms with Gasteiger partial charge in [0.1, 0.15) is 0 Å². The minimum atomic E-state index is -0.631. The molecule has 3 rings (SSSR count). The molecule has 0 unspecified atom stereocenters. The number of rotatable bonds is 4. The lowest BCUT2D eigenvalue weighted by atomic mass is 9.78. The maximum Gasteiger partial charge on any atom is 0.338 e. The molecule has 7 nitrogen and oxygen atoms in total. The van der Waals surface area contributed by atoms with Crippen LogP contribution in [0.4, 0.5) is 5.69 Å². The summed E-state index contributed by atoms with van der Waals surface area (Å²) in [5.41, 5.74) is 0.557. The van der Waals surface area contributed by atoms with Crippen LogP contribution in [-0.2, 0) is 9.53 Å². The van der Waals surface area contributed by atoms with Crippen molar-refractivity contribution in [3.8, 4) is 0 Å². The number of nitro groups is 1. The fourth-order valence-electron chi connectivity index (χ4n) is 4.22. The van der Waals surface area contributed by atoms with Crippen LogP contribution in [0.5, 0.6) is 0 Å². The molecule has 7 heteroatoms. The highest BCUT2D eigenvalue weighted by Gasteiger charge is 2.35. The van der Waals surface area contributed by atoms with Crippen molar-refractivity contribution in [1.29, 1.82) is 0 Å². The van der Waals surface area contributed by atoms with E-state index in [1.54, 1.807) is 6.92 Å². The van der Waals surface area contributed by atoms with Crippen LogP contribution in [0, 0.1) is 23.0 Å². The number of carbonyl (C=O) groups excluding carboxylic acids is 2. The van der Waals surface area contributed by atoms with E-state index in [-0.39, 0.29) is 29.8 Å². The van der Waals surface area contributed by atoms with E-state index in [1.165, 1.54) is 37.5 Å². The monoisotopic (exact) mass is 360 g/mol. The molecule has 26 heavy (non-hydrogen) atoms. The van der Waals surface area contributed by atoms with Crippen LogP contribution in [0.3, 0.4) is 0 Å². The Kier molecular flexibility index (Phi) is 5.54. The van der Waals surface area contributed by atoms with Gasteiger partial charge in [-0.15, -0.1) is 0 Å². The second kappa shape index (κ2) is 7.85. The van der Waals surface area contributed by atoms with Crippen molar-refractivity contribution in [1.82, 2.24) is 4.90 Å². The van der Waals surface area contributed by atoms with Crippen LogP contribution in [0.2, 0.25) is 0 Å². The van der Waals surface area contributed by atoms with Crippen LogP contribution in [0.1, 0.15) is 54.4 Å². The van der Waals surface area contributed by atoms with Crippen molar-refractivity contribution in [2.75, 3.05) is 13.2 Å². The number of carbonyl (C=O) groups is 2. The number of fused-ring (bicyclic) bond motifs is 1. The van der Waals surface area contributed by atoms with Crippen molar-refractivity contribution in [2.24, 2.45) is 5.92 Å². The average molecular weight is 360 g/mol. The number of benzene rings is 1. The molecule has 1 aromatic rings. The van der Waals surface area contributed by atoms with Gasteiger partial charge in [-0.1, -0.05) is 12.8 Å². The van der Waals surface area contributed by atoms with E-state index >= 15 is 0 Å². The summed E-state index contributed by atoms with van der Waals surface area (Å²) in [6, 6.07) is 4.34. The number of hydrogen-bond acceptors (Lipinski definition) is 5. The van der Waals surface area contributed by atoms with Crippen LogP contribution in [-0.4, -0.2) is 40.9 Å². The molecule has 2 aliphatic rings. The van der Waals surface area contributed by atoms with Gasteiger partial charge in [0.15, 0.2) is 6.61 Å². The predicted molar refractivity (Wildman–Crippen MR) is 94.8 cm³/mol. The molecule has 0 spiro atoms. The predicted octanol–water partition coefficient (Wildman–Crippen LogP) is 3.24. The Morgan fingerprint density at radius 3 is 2.69 bits per heavy atom. The van der Waals surface area contributed by atoms with E-state index in [9.17, 15) is 19.7 Å². The summed E-state index contributed by atoms with van der Waals surface area (Å²) in [6.07, 6.45) is 6.77. The van der Waals surface area contributed by atoms with Gasteiger partial charge in [0.05, 0.1) is 10.5 Å². The van der Waals surface area contributed by atoms with Crippen molar-refractivity contribution in [3.05, 3.63) is 39.4 Å². The van der Waals surface area contributed by atoms with E-state index in [0.29, 0.717) is 11.5 Å². The maximum atomic E-state index is 12.6. The highest BCUT2D eigenvalue weighted by Crippen LogP contribution is 2.35. The van der Waals surface area contributed by atoms with Gasteiger partial charge >= 0.3 is 5.97 Å². The molecule has 1 saturated carbocycles. The number of piperidine rings is 1. The largest absolute Gasteiger partial charge is 0.452 e. The minimum absolute atomic E-state index is 0.0470. The number of aryl methyl sites for hydroxylation is 1. The number of esters is 1. The first-order valence-electron chi connectivity index (χ1n) is 9.19. The van der Waals surface area contributed by atoms with Crippen molar-refractivity contribution in [3.63, 3.8) is 0 Å². The molecule has 1 aliphatic heterocycles. The summed E-state index contributed by atoms with van der Waals surface area (Å²) < 4.78 is 5.18. The summed E-state index contributed by atoms with van der Waals surface area (Å²) in [5.74, 6) is -0.198. The molecule has 1 aromatic carbocycles. The number of nitrogens with zero attached hydrogens (tertiary/aromatic N) is 2. The van der Waals surface area contributed by atoms with Gasteiger partial charge in [-0.2, -0.15) is 0 Å². The lowest BCUT2D eigenvalue weighted by Gasteiger charge is -2.44. The normalized spacial score (nSPS) is 22.4. The van der Waals surface area contributed by atoms with Gasteiger partial charge in [0, 0.05) is 24.2 Å². The zero-order chi connectivity index (χ0) is 18.7. The smallest absolute Gasteiger partial charge is 0.338 e. The van der Waals surface area contributed by atoms with Gasteiger partial charge < -0.3 is 9.64 Å². The van der Waals surface area contributed by atoms with Gasteiger partial charge in [0.2, 0.25) is 0 Å². The molecule has 140 valence electrons. The van der Waals surface area contributed by atoms with Crippen molar-refractivity contribution >= 4 is 17.6 Å². The molecule has 0 aromatic heterocycles. The zero-order valence-electron chi connectivity index (χ0n) is 15.0. The van der Waals surface area contributed by atoms with E-state index < -0.39 is 10.9 Å². The van der Waals surface area contributed by atoms with Crippen LogP contribution < -0.4 is 0 Å². The van der Waals surface area contributed by atoms with Crippen molar-refractivity contribution < 1.29 is 19.2 Å². The molecule has 1 heterocycles. The molecule has 0 radical (unpaired) electrons. The van der Waals surface area contributed by atoms with E-state index in [2.05, 4.69) is 0 Å². The second-order valence-electron chi connectivity index (χ2n) is 7.18. The molecule has 1 amide bonds. The van der Waals surface area contributed by atoms with Crippen LogP contribution >= 0.6 is 0 Å². The Balaban J connectivity index is 1.59. The SMILES string of the molecule is Cc1cc(C(=O)OCC(=O)N2CCC[C@H]3CCCC[C@@H]32)ccc1[N+](=O)[O-].